The predicted octanol–water partition coefficient (Wildman–Crippen LogP) is 4.52. The number of methoxy groups -OCH3 is 1. The van der Waals surface area contributed by atoms with Crippen LogP contribution in [-0.4, -0.2) is 63.6 Å². The number of H-pyrrole nitrogens is 1. The number of aromatic amines is 1. The summed E-state index contributed by atoms with van der Waals surface area (Å²) < 4.78 is 17.4. The molecule has 37 heavy (non-hydrogen) atoms. The number of amides is 1. The van der Waals surface area contributed by atoms with Crippen LogP contribution in [0.25, 0.3) is 11.3 Å². The third kappa shape index (κ3) is 6.67. The number of carbonyl (C=O) groups excluding carboxylic acids is 1. The summed E-state index contributed by atoms with van der Waals surface area (Å²) >= 11 is 0. The molecule has 0 bridgehead atoms. The van der Waals surface area contributed by atoms with Gasteiger partial charge in [-0.15, -0.1) is 0 Å². The summed E-state index contributed by atoms with van der Waals surface area (Å²) in [7, 11) is 1.60. The Morgan fingerprint density at radius 1 is 1.24 bits per heavy atom. The maximum atomic E-state index is 12.5. The quantitative estimate of drug-likeness (QED) is 0.474. The second-order valence-electron chi connectivity index (χ2n) is 9.77. The first kappa shape index (κ1) is 25.8. The minimum Gasteiger partial charge on any atom is -0.496 e. The molecule has 1 aliphatic heterocycles. The first-order valence-corrected chi connectivity index (χ1v) is 12.1. The van der Waals surface area contributed by atoms with Crippen LogP contribution in [0, 0.1) is 17.2 Å². The summed E-state index contributed by atoms with van der Waals surface area (Å²) in [6.45, 7) is 7.32. The zero-order valence-corrected chi connectivity index (χ0v) is 21.4. The monoisotopic (exact) mass is 505 g/mol. The van der Waals surface area contributed by atoms with Crippen LogP contribution in [0.4, 0.5) is 16.4 Å². The molecule has 11 heteroatoms. The number of anilines is 2. The van der Waals surface area contributed by atoms with Crippen LogP contribution in [0.15, 0.2) is 36.7 Å². The molecule has 1 amide bonds. The van der Waals surface area contributed by atoms with Gasteiger partial charge in [0.2, 0.25) is 0 Å². The molecule has 0 radical (unpaired) electrons. The summed E-state index contributed by atoms with van der Waals surface area (Å²) in [5.41, 5.74) is 1.13. The van der Waals surface area contributed by atoms with E-state index in [1.165, 1.54) is 12.4 Å². The third-order valence-corrected chi connectivity index (χ3v) is 5.72. The Balaban J connectivity index is 1.46. The van der Waals surface area contributed by atoms with Crippen molar-refractivity contribution in [2.45, 2.75) is 39.2 Å². The van der Waals surface area contributed by atoms with Crippen molar-refractivity contribution in [1.29, 1.82) is 5.26 Å². The van der Waals surface area contributed by atoms with Crippen LogP contribution in [0.2, 0.25) is 0 Å². The lowest BCUT2D eigenvalue weighted by Gasteiger charge is -2.34. The summed E-state index contributed by atoms with van der Waals surface area (Å²) in [6, 6.07) is 9.36. The van der Waals surface area contributed by atoms with Crippen molar-refractivity contribution in [2.24, 2.45) is 5.92 Å². The Bertz CT molecular complexity index is 1260. The largest absolute Gasteiger partial charge is 0.496 e. The molecule has 1 atom stereocenters. The van der Waals surface area contributed by atoms with Gasteiger partial charge in [-0.2, -0.15) is 10.4 Å². The number of nitriles is 1. The zero-order valence-electron chi connectivity index (χ0n) is 21.4. The van der Waals surface area contributed by atoms with Crippen molar-refractivity contribution < 1.29 is 19.0 Å². The molecule has 11 nitrogen and oxygen atoms in total. The minimum atomic E-state index is -0.527. The number of carbonyl (C=O) groups is 1. The third-order valence-electron chi connectivity index (χ3n) is 5.72. The van der Waals surface area contributed by atoms with Gasteiger partial charge in [-0.05, 0) is 45.7 Å². The van der Waals surface area contributed by atoms with E-state index >= 15 is 0 Å². The van der Waals surface area contributed by atoms with Gasteiger partial charge < -0.3 is 24.4 Å². The van der Waals surface area contributed by atoms with Crippen molar-refractivity contribution in [2.75, 3.05) is 32.1 Å². The Hall–Kier alpha value is -4.33. The van der Waals surface area contributed by atoms with Crippen LogP contribution in [0.3, 0.4) is 0 Å². The molecule has 1 saturated heterocycles. The van der Waals surface area contributed by atoms with Crippen LogP contribution in [0.5, 0.6) is 11.5 Å². The Morgan fingerprint density at radius 2 is 2.05 bits per heavy atom. The molecule has 0 unspecified atom stereocenters. The molecule has 194 valence electrons. The molecule has 1 aromatic carbocycles. The van der Waals surface area contributed by atoms with Gasteiger partial charge in [-0.3, -0.25) is 5.10 Å². The molecule has 4 rings (SSSR count). The number of aromatic nitrogens is 4. The van der Waals surface area contributed by atoms with E-state index in [9.17, 15) is 4.79 Å². The number of hydrogen-bond donors (Lipinski definition) is 2. The molecule has 2 aromatic heterocycles. The van der Waals surface area contributed by atoms with Crippen LogP contribution < -0.4 is 14.8 Å². The number of ether oxygens (including phenoxy) is 3. The summed E-state index contributed by atoms with van der Waals surface area (Å²) in [6.07, 6.45) is 4.42. The van der Waals surface area contributed by atoms with E-state index in [1.807, 2.05) is 51.1 Å². The number of nitrogens with one attached hydrogen (secondary N) is 2. The molecule has 0 saturated carbocycles. The maximum absolute atomic E-state index is 12.5. The smallest absolute Gasteiger partial charge is 0.410 e. The first-order chi connectivity index (χ1) is 17.8. The highest BCUT2D eigenvalue weighted by Gasteiger charge is 2.28. The van der Waals surface area contributed by atoms with E-state index in [0.29, 0.717) is 48.5 Å². The van der Waals surface area contributed by atoms with E-state index in [2.05, 4.69) is 25.5 Å². The zero-order chi connectivity index (χ0) is 26.4. The number of nitrogens with zero attached hydrogens (tertiary/aromatic N) is 5. The average Bonchev–Trinajstić information content (AvgIpc) is 3.34. The lowest BCUT2D eigenvalue weighted by molar-refractivity contribution is 0.0139. The molecular weight excluding hydrogens is 474 g/mol. The normalized spacial score (nSPS) is 15.5. The Morgan fingerprint density at radius 3 is 2.76 bits per heavy atom. The highest BCUT2D eigenvalue weighted by molar-refractivity contribution is 5.76. The number of hydrogen-bond acceptors (Lipinski definition) is 9. The predicted molar refractivity (Wildman–Crippen MR) is 137 cm³/mol. The second kappa shape index (κ2) is 11.2. The van der Waals surface area contributed by atoms with Crippen molar-refractivity contribution in [3.05, 3.63) is 42.4 Å². The molecule has 0 aliphatic carbocycles. The lowest BCUT2D eigenvalue weighted by atomic mass is 9.99. The average molecular weight is 506 g/mol. The fourth-order valence-electron chi connectivity index (χ4n) is 4.06. The van der Waals surface area contributed by atoms with Gasteiger partial charge in [0.1, 0.15) is 29.0 Å². The highest BCUT2D eigenvalue weighted by Crippen LogP contribution is 2.38. The molecule has 3 aromatic rings. The minimum absolute atomic E-state index is 0.175. The van der Waals surface area contributed by atoms with Gasteiger partial charge in [-0.25, -0.2) is 14.8 Å². The first-order valence-electron chi connectivity index (χ1n) is 12.1. The molecular formula is C26H31N7O4. The fraction of sp³-hybridized carbons (Fsp3) is 0.423. The van der Waals surface area contributed by atoms with Gasteiger partial charge >= 0.3 is 6.09 Å². The molecule has 1 aliphatic rings. The van der Waals surface area contributed by atoms with Crippen molar-refractivity contribution in [3.8, 4) is 28.8 Å². The number of benzene rings is 1. The van der Waals surface area contributed by atoms with Crippen molar-refractivity contribution in [3.63, 3.8) is 0 Å². The van der Waals surface area contributed by atoms with Crippen molar-refractivity contribution >= 4 is 17.7 Å². The van der Waals surface area contributed by atoms with E-state index in [-0.39, 0.29) is 17.7 Å². The van der Waals surface area contributed by atoms with Gasteiger partial charge in [0, 0.05) is 25.1 Å². The number of likely N-dealkylation sites (tertiary alicyclic amines) is 1. The standard InChI is InChI=1S/C26H31N7O4/c1-26(2,3)37-25(34)33-10-6-7-17(15-33)16-36-21-9-5-8-20(35-4)24(21)19-11-22(32-31-19)30-23-14-28-18(12-27)13-29-23/h5,8-9,11,13-14,17H,6-7,10,15-16H2,1-4H3,(H2,29,30,31,32)/t17-/m0/s1. The van der Waals surface area contributed by atoms with Gasteiger partial charge in [0.15, 0.2) is 11.5 Å². The molecule has 3 heterocycles. The number of piperidine rings is 1. The van der Waals surface area contributed by atoms with E-state index < -0.39 is 5.60 Å². The van der Waals surface area contributed by atoms with Gasteiger partial charge in [0.05, 0.1) is 37.4 Å². The van der Waals surface area contributed by atoms with Gasteiger partial charge in [-0.1, -0.05) is 6.07 Å². The van der Waals surface area contributed by atoms with E-state index in [1.54, 1.807) is 12.0 Å². The topological polar surface area (TPSA) is 138 Å². The van der Waals surface area contributed by atoms with Crippen LogP contribution in [0.1, 0.15) is 39.3 Å². The Labute approximate surface area is 215 Å². The summed E-state index contributed by atoms with van der Waals surface area (Å²) in [5, 5.41) is 19.3. The summed E-state index contributed by atoms with van der Waals surface area (Å²) in [5.74, 6) is 2.42. The van der Waals surface area contributed by atoms with Gasteiger partial charge in [0.25, 0.3) is 0 Å². The highest BCUT2D eigenvalue weighted by atomic mass is 16.6. The SMILES string of the molecule is COc1cccc(OC[C@H]2CCCN(C(=O)OC(C)(C)C)C2)c1-c1cc(Nc2cnc(C#N)cn2)n[nH]1. The van der Waals surface area contributed by atoms with Crippen molar-refractivity contribution in [1.82, 2.24) is 25.1 Å². The summed E-state index contributed by atoms with van der Waals surface area (Å²) in [4.78, 5) is 22.5. The number of rotatable bonds is 7. The maximum Gasteiger partial charge on any atom is 0.410 e. The second-order valence-corrected chi connectivity index (χ2v) is 9.77. The van der Waals surface area contributed by atoms with E-state index in [4.69, 9.17) is 19.5 Å². The van der Waals surface area contributed by atoms with E-state index in [0.717, 1.165) is 18.4 Å². The lowest BCUT2D eigenvalue weighted by Crippen LogP contribution is -2.44. The van der Waals surface area contributed by atoms with Crippen LogP contribution >= 0.6 is 0 Å². The Kier molecular flexibility index (Phi) is 7.77. The van der Waals surface area contributed by atoms with Crippen LogP contribution in [-0.2, 0) is 4.74 Å². The molecule has 0 spiro atoms. The fourth-order valence-corrected chi connectivity index (χ4v) is 4.06. The molecule has 2 N–H and O–H groups in total. The molecule has 1 fully saturated rings.